The zero-order valence-electron chi connectivity index (χ0n) is 13.5. The monoisotopic (exact) mass is 326 g/mol. The topological polar surface area (TPSA) is 61.4 Å². The van der Waals surface area contributed by atoms with Crippen molar-refractivity contribution < 1.29 is 0 Å². The number of aryl methyl sites for hydroxylation is 1. The highest BCUT2D eigenvalue weighted by molar-refractivity contribution is 5.85. The van der Waals surface area contributed by atoms with Crippen molar-refractivity contribution in [3.63, 3.8) is 0 Å². The molecule has 3 aromatic heterocycles. The number of hydrogen-bond acceptors (Lipinski definition) is 4. The molecule has 0 spiro atoms. The van der Waals surface area contributed by atoms with Gasteiger partial charge in [-0.15, -0.1) is 0 Å². The van der Waals surface area contributed by atoms with Crippen LogP contribution in [0, 0.1) is 6.92 Å². The quantitative estimate of drug-likeness (QED) is 0.498. The number of hydrogen-bond donors (Lipinski definition) is 0. The SMILES string of the molecule is Cc1nn(-c2ccccc2)c2nc3cnn(-c4ccccc4)c3nc12. The second-order valence-electron chi connectivity index (χ2n) is 5.83. The Hall–Kier alpha value is -3.54. The second-order valence-corrected chi connectivity index (χ2v) is 5.83. The lowest BCUT2D eigenvalue weighted by Gasteiger charge is -2.03. The van der Waals surface area contributed by atoms with Crippen LogP contribution in [0.5, 0.6) is 0 Å². The number of aromatic nitrogens is 6. The van der Waals surface area contributed by atoms with E-state index in [0.717, 1.165) is 39.4 Å². The minimum atomic E-state index is 0.731. The zero-order valence-corrected chi connectivity index (χ0v) is 13.5. The summed E-state index contributed by atoms with van der Waals surface area (Å²) in [6.07, 6.45) is 1.74. The van der Waals surface area contributed by atoms with Gasteiger partial charge in [0.05, 0.1) is 23.3 Å². The predicted octanol–water partition coefficient (Wildman–Crippen LogP) is 3.46. The molecule has 0 N–H and O–H groups in total. The molecule has 6 heteroatoms. The van der Waals surface area contributed by atoms with Crippen LogP contribution in [0.2, 0.25) is 0 Å². The van der Waals surface area contributed by atoms with Crippen LogP contribution < -0.4 is 0 Å². The van der Waals surface area contributed by atoms with Gasteiger partial charge in [0.1, 0.15) is 11.0 Å². The van der Waals surface area contributed by atoms with Gasteiger partial charge < -0.3 is 0 Å². The maximum Gasteiger partial charge on any atom is 0.182 e. The van der Waals surface area contributed by atoms with Crippen molar-refractivity contribution in [2.75, 3.05) is 0 Å². The van der Waals surface area contributed by atoms with E-state index in [1.165, 1.54) is 0 Å². The highest BCUT2D eigenvalue weighted by Gasteiger charge is 2.16. The van der Waals surface area contributed by atoms with Gasteiger partial charge in [-0.2, -0.15) is 10.2 Å². The highest BCUT2D eigenvalue weighted by Crippen LogP contribution is 2.23. The van der Waals surface area contributed by atoms with Crippen molar-refractivity contribution >= 4 is 22.3 Å². The number of rotatable bonds is 2. The zero-order chi connectivity index (χ0) is 16.8. The van der Waals surface area contributed by atoms with E-state index in [2.05, 4.69) is 10.2 Å². The Morgan fingerprint density at radius 1 is 0.720 bits per heavy atom. The largest absolute Gasteiger partial charge is 0.221 e. The first-order valence-corrected chi connectivity index (χ1v) is 8.03. The van der Waals surface area contributed by atoms with E-state index in [1.54, 1.807) is 10.9 Å². The fourth-order valence-electron chi connectivity index (χ4n) is 2.98. The van der Waals surface area contributed by atoms with Gasteiger partial charge in [0.2, 0.25) is 0 Å². The van der Waals surface area contributed by atoms with Crippen LogP contribution in [0.1, 0.15) is 5.69 Å². The van der Waals surface area contributed by atoms with Crippen molar-refractivity contribution in [1.29, 1.82) is 0 Å². The van der Waals surface area contributed by atoms with Gasteiger partial charge in [-0.1, -0.05) is 36.4 Å². The van der Waals surface area contributed by atoms with Gasteiger partial charge in [-0.3, -0.25) is 0 Å². The van der Waals surface area contributed by atoms with Crippen LogP contribution >= 0.6 is 0 Å². The van der Waals surface area contributed by atoms with Crippen molar-refractivity contribution in [3.05, 3.63) is 72.6 Å². The first-order valence-electron chi connectivity index (χ1n) is 8.03. The fraction of sp³-hybridized carbons (Fsp3) is 0.0526. The third kappa shape index (κ3) is 2.11. The summed E-state index contributed by atoms with van der Waals surface area (Å²) in [5.74, 6) is 0. The maximum atomic E-state index is 4.81. The van der Waals surface area contributed by atoms with Crippen LogP contribution in [0.4, 0.5) is 0 Å². The summed E-state index contributed by atoms with van der Waals surface area (Å²) in [4.78, 5) is 9.59. The molecule has 5 rings (SSSR count). The molecule has 120 valence electrons. The van der Waals surface area contributed by atoms with Gasteiger partial charge >= 0.3 is 0 Å². The molecule has 5 aromatic rings. The van der Waals surface area contributed by atoms with E-state index >= 15 is 0 Å². The van der Waals surface area contributed by atoms with Crippen LogP contribution in [0.3, 0.4) is 0 Å². The van der Waals surface area contributed by atoms with Gasteiger partial charge in [0.25, 0.3) is 0 Å². The molecule has 25 heavy (non-hydrogen) atoms. The Morgan fingerprint density at radius 3 is 2.04 bits per heavy atom. The van der Waals surface area contributed by atoms with Gasteiger partial charge in [-0.05, 0) is 31.2 Å². The summed E-state index contributed by atoms with van der Waals surface area (Å²) in [6.45, 7) is 1.95. The standard InChI is InChI=1S/C19H14N6/c1-13-17-19(25(23-13)15-10-6-3-7-11-15)21-16-12-20-24(18(16)22-17)14-8-4-2-5-9-14/h2-12H,1H3. The van der Waals surface area contributed by atoms with E-state index in [0.29, 0.717) is 0 Å². The number of nitrogens with zero attached hydrogens (tertiary/aromatic N) is 6. The molecule has 0 bridgehead atoms. The molecule has 0 atom stereocenters. The molecule has 0 unspecified atom stereocenters. The maximum absolute atomic E-state index is 4.81. The van der Waals surface area contributed by atoms with Gasteiger partial charge in [0.15, 0.2) is 11.3 Å². The molecule has 0 saturated carbocycles. The Balaban J connectivity index is 1.79. The fourth-order valence-corrected chi connectivity index (χ4v) is 2.98. The Kier molecular flexibility index (Phi) is 2.90. The Morgan fingerprint density at radius 2 is 1.36 bits per heavy atom. The predicted molar refractivity (Wildman–Crippen MR) is 96.0 cm³/mol. The van der Waals surface area contributed by atoms with E-state index in [9.17, 15) is 0 Å². The summed E-state index contributed by atoms with van der Waals surface area (Å²) >= 11 is 0. The van der Waals surface area contributed by atoms with E-state index in [4.69, 9.17) is 9.97 Å². The third-order valence-corrected chi connectivity index (χ3v) is 4.18. The number of fused-ring (bicyclic) bond motifs is 2. The normalized spacial score (nSPS) is 11.4. The van der Waals surface area contributed by atoms with Crippen LogP contribution in [0.15, 0.2) is 66.9 Å². The molecule has 0 amide bonds. The lowest BCUT2D eigenvalue weighted by atomic mass is 10.3. The molecule has 0 saturated heterocycles. The number of para-hydroxylation sites is 2. The van der Waals surface area contributed by atoms with E-state index in [-0.39, 0.29) is 0 Å². The highest BCUT2D eigenvalue weighted by atomic mass is 15.3. The molecule has 2 aromatic carbocycles. The summed E-state index contributed by atoms with van der Waals surface area (Å²) in [5, 5.41) is 9.09. The van der Waals surface area contributed by atoms with Crippen LogP contribution in [-0.4, -0.2) is 29.5 Å². The Bertz CT molecular complexity index is 1190. The second kappa shape index (κ2) is 5.24. The summed E-state index contributed by atoms with van der Waals surface area (Å²) < 4.78 is 3.64. The number of benzene rings is 2. The third-order valence-electron chi connectivity index (χ3n) is 4.18. The smallest absolute Gasteiger partial charge is 0.182 e. The summed E-state index contributed by atoms with van der Waals surface area (Å²) in [7, 11) is 0. The van der Waals surface area contributed by atoms with E-state index in [1.807, 2.05) is 72.3 Å². The van der Waals surface area contributed by atoms with Gasteiger partial charge in [0, 0.05) is 0 Å². The lowest BCUT2D eigenvalue weighted by molar-refractivity contribution is 0.879. The minimum absolute atomic E-state index is 0.731. The average Bonchev–Trinajstić information content (AvgIpc) is 3.23. The van der Waals surface area contributed by atoms with Crippen LogP contribution in [-0.2, 0) is 0 Å². The first-order chi connectivity index (χ1) is 12.3. The minimum Gasteiger partial charge on any atom is -0.221 e. The van der Waals surface area contributed by atoms with Crippen molar-refractivity contribution in [2.24, 2.45) is 0 Å². The Labute approximate surface area is 143 Å². The molecule has 0 aliphatic rings. The first kappa shape index (κ1) is 13.9. The van der Waals surface area contributed by atoms with Gasteiger partial charge in [-0.25, -0.2) is 19.3 Å². The molecular weight excluding hydrogens is 312 g/mol. The van der Waals surface area contributed by atoms with Crippen molar-refractivity contribution in [2.45, 2.75) is 6.92 Å². The molecular formula is C19H14N6. The molecule has 0 radical (unpaired) electrons. The summed E-state index contributed by atoms with van der Waals surface area (Å²) in [5.41, 5.74) is 5.76. The molecule has 6 nitrogen and oxygen atoms in total. The van der Waals surface area contributed by atoms with Crippen molar-refractivity contribution in [1.82, 2.24) is 29.5 Å². The molecule has 0 aliphatic carbocycles. The lowest BCUT2D eigenvalue weighted by Crippen LogP contribution is -1.99. The molecule has 3 heterocycles. The summed E-state index contributed by atoms with van der Waals surface area (Å²) in [6, 6.07) is 19.9. The molecule has 0 aliphatic heterocycles. The van der Waals surface area contributed by atoms with Crippen molar-refractivity contribution in [3.8, 4) is 11.4 Å². The average molecular weight is 326 g/mol. The van der Waals surface area contributed by atoms with E-state index < -0.39 is 0 Å². The molecule has 0 fully saturated rings. The van der Waals surface area contributed by atoms with Crippen LogP contribution in [0.25, 0.3) is 33.7 Å².